The number of hydrogen-bond donors (Lipinski definition) is 1. The number of halogens is 2. The normalized spacial score (nSPS) is 15.9. The first-order valence-electron chi connectivity index (χ1n) is 4.90. The van der Waals surface area contributed by atoms with Crippen LogP contribution in [-0.4, -0.2) is 21.3 Å². The number of aryl methyl sites for hydroxylation is 1. The van der Waals surface area contributed by atoms with Crippen molar-refractivity contribution in [1.82, 2.24) is 9.38 Å². The van der Waals surface area contributed by atoms with E-state index in [4.69, 9.17) is 5.73 Å². The van der Waals surface area contributed by atoms with E-state index in [0.29, 0.717) is 0 Å². The number of nitrogens with two attached hydrogens (primary N) is 1. The van der Waals surface area contributed by atoms with Gasteiger partial charge in [0.1, 0.15) is 0 Å². The number of nitrogens with zero attached hydrogens (tertiary/aromatic N) is 2. The first-order chi connectivity index (χ1) is 7.42. The van der Waals surface area contributed by atoms with Crippen LogP contribution in [0.5, 0.6) is 0 Å². The zero-order valence-electron chi connectivity index (χ0n) is 9.08. The van der Waals surface area contributed by atoms with E-state index >= 15 is 0 Å². The third kappa shape index (κ3) is 1.82. The second kappa shape index (κ2) is 3.78. The van der Waals surface area contributed by atoms with Gasteiger partial charge in [-0.25, -0.2) is 13.8 Å². The predicted octanol–water partition coefficient (Wildman–Crippen LogP) is 2.23. The van der Waals surface area contributed by atoms with Crippen LogP contribution in [0.2, 0.25) is 0 Å². The van der Waals surface area contributed by atoms with Gasteiger partial charge in [0.2, 0.25) is 0 Å². The molecule has 0 bridgehead atoms. The fourth-order valence-corrected chi connectivity index (χ4v) is 2.37. The lowest BCUT2D eigenvalue weighted by Gasteiger charge is -2.23. The highest BCUT2D eigenvalue weighted by atomic mass is 32.1. The highest BCUT2D eigenvalue weighted by Gasteiger charge is 2.32. The molecule has 3 nitrogen and oxygen atoms in total. The molecule has 0 aliphatic heterocycles. The largest absolute Gasteiger partial charge is 0.320 e. The topological polar surface area (TPSA) is 43.3 Å². The number of rotatable bonds is 3. The molecule has 0 aromatic carbocycles. The third-order valence-electron chi connectivity index (χ3n) is 2.61. The molecule has 0 radical (unpaired) electrons. The number of imidazole rings is 1. The number of hydrogen-bond acceptors (Lipinski definition) is 3. The Morgan fingerprint density at radius 3 is 2.94 bits per heavy atom. The monoisotopic (exact) mass is 245 g/mol. The van der Waals surface area contributed by atoms with Crippen molar-refractivity contribution >= 4 is 16.3 Å². The summed E-state index contributed by atoms with van der Waals surface area (Å²) in [5.74, 6) is 0. The van der Waals surface area contributed by atoms with Crippen molar-refractivity contribution in [2.24, 2.45) is 5.73 Å². The van der Waals surface area contributed by atoms with Gasteiger partial charge in [-0.05, 0) is 13.8 Å². The van der Waals surface area contributed by atoms with E-state index in [1.165, 1.54) is 18.3 Å². The van der Waals surface area contributed by atoms with E-state index in [9.17, 15) is 8.78 Å². The summed E-state index contributed by atoms with van der Waals surface area (Å²) in [6, 6.07) is 0. The fraction of sp³-hybridized carbons (Fsp3) is 0.500. The smallest absolute Gasteiger partial charge is 0.256 e. The molecule has 2 heterocycles. The van der Waals surface area contributed by atoms with Crippen LogP contribution in [0.4, 0.5) is 8.78 Å². The minimum absolute atomic E-state index is 0.119. The molecule has 0 saturated heterocycles. The van der Waals surface area contributed by atoms with E-state index in [2.05, 4.69) is 4.98 Å². The Morgan fingerprint density at radius 2 is 2.31 bits per heavy atom. The molecule has 2 aromatic rings. The highest BCUT2D eigenvalue weighted by molar-refractivity contribution is 7.15. The molecule has 0 fully saturated rings. The van der Waals surface area contributed by atoms with Gasteiger partial charge in [-0.2, -0.15) is 0 Å². The van der Waals surface area contributed by atoms with Crippen LogP contribution in [0.3, 0.4) is 0 Å². The molecule has 0 spiro atoms. The van der Waals surface area contributed by atoms with Gasteiger partial charge in [0.15, 0.2) is 4.96 Å². The second-order valence-electron chi connectivity index (χ2n) is 4.18. The van der Waals surface area contributed by atoms with E-state index in [0.717, 1.165) is 16.3 Å². The maximum atomic E-state index is 12.7. The molecule has 2 N–H and O–H groups in total. The standard InChI is InChI=1S/C10H13F2N3S/c1-6-7(5-10(2,13)8(11)12)15-3-4-16-9(15)14-6/h3-4,8H,5,13H2,1-2H3. The summed E-state index contributed by atoms with van der Waals surface area (Å²) >= 11 is 1.48. The summed E-state index contributed by atoms with van der Waals surface area (Å²) in [6.07, 6.45) is -0.596. The Kier molecular flexibility index (Phi) is 2.71. The Balaban J connectivity index is 2.40. The quantitative estimate of drug-likeness (QED) is 0.901. The Hall–Kier alpha value is -1.01. The van der Waals surface area contributed by atoms with Crippen LogP contribution in [0, 0.1) is 6.92 Å². The maximum absolute atomic E-state index is 12.7. The van der Waals surface area contributed by atoms with Gasteiger partial charge >= 0.3 is 0 Å². The molecule has 0 aliphatic carbocycles. The van der Waals surface area contributed by atoms with Crippen molar-refractivity contribution in [3.05, 3.63) is 23.0 Å². The van der Waals surface area contributed by atoms with Gasteiger partial charge in [-0.3, -0.25) is 4.40 Å². The average Bonchev–Trinajstić information content (AvgIpc) is 2.70. The summed E-state index contributed by atoms with van der Waals surface area (Å²) in [4.78, 5) is 5.11. The minimum atomic E-state index is -2.55. The predicted molar refractivity (Wildman–Crippen MR) is 60.1 cm³/mol. The molecule has 1 atom stereocenters. The zero-order valence-corrected chi connectivity index (χ0v) is 9.89. The molecule has 1 unspecified atom stereocenters. The van der Waals surface area contributed by atoms with Gasteiger partial charge in [0.05, 0.1) is 11.2 Å². The van der Waals surface area contributed by atoms with Gasteiger partial charge in [-0.1, -0.05) is 0 Å². The molecule has 6 heteroatoms. The molecular weight excluding hydrogens is 232 g/mol. The van der Waals surface area contributed by atoms with Crippen LogP contribution >= 0.6 is 11.3 Å². The molecule has 16 heavy (non-hydrogen) atoms. The first-order valence-corrected chi connectivity index (χ1v) is 5.78. The molecule has 2 aromatic heterocycles. The zero-order chi connectivity index (χ0) is 11.9. The molecular formula is C10H13F2N3S. The number of aromatic nitrogens is 2. The van der Waals surface area contributed by atoms with E-state index < -0.39 is 12.0 Å². The lowest BCUT2D eigenvalue weighted by Crippen LogP contribution is -2.46. The summed E-state index contributed by atoms with van der Waals surface area (Å²) < 4.78 is 27.2. The molecule has 2 rings (SSSR count). The summed E-state index contributed by atoms with van der Waals surface area (Å²) in [7, 11) is 0. The summed E-state index contributed by atoms with van der Waals surface area (Å²) in [5.41, 5.74) is 5.61. The molecule has 0 saturated carbocycles. The van der Waals surface area contributed by atoms with Crippen molar-refractivity contribution in [3.63, 3.8) is 0 Å². The fourth-order valence-electron chi connectivity index (χ4n) is 1.59. The summed E-state index contributed by atoms with van der Waals surface area (Å²) in [5, 5.41) is 1.88. The van der Waals surface area contributed by atoms with Crippen LogP contribution in [0.25, 0.3) is 4.96 Å². The van der Waals surface area contributed by atoms with E-state index in [-0.39, 0.29) is 6.42 Å². The Morgan fingerprint density at radius 1 is 1.62 bits per heavy atom. The Labute approximate surface area is 95.9 Å². The van der Waals surface area contributed by atoms with Crippen molar-refractivity contribution in [2.75, 3.05) is 0 Å². The maximum Gasteiger partial charge on any atom is 0.256 e. The first kappa shape index (κ1) is 11.5. The number of fused-ring (bicyclic) bond motifs is 1. The van der Waals surface area contributed by atoms with Crippen LogP contribution in [0.1, 0.15) is 18.3 Å². The SMILES string of the molecule is Cc1nc2sccn2c1CC(C)(N)C(F)F. The highest BCUT2D eigenvalue weighted by Crippen LogP contribution is 2.23. The lowest BCUT2D eigenvalue weighted by atomic mass is 9.97. The minimum Gasteiger partial charge on any atom is -0.320 e. The van der Waals surface area contributed by atoms with Gasteiger partial charge < -0.3 is 5.73 Å². The second-order valence-corrected chi connectivity index (χ2v) is 5.06. The average molecular weight is 245 g/mol. The van der Waals surface area contributed by atoms with Crippen molar-refractivity contribution in [3.8, 4) is 0 Å². The molecule has 88 valence electrons. The van der Waals surface area contributed by atoms with Crippen molar-refractivity contribution < 1.29 is 8.78 Å². The van der Waals surface area contributed by atoms with Crippen molar-refractivity contribution in [2.45, 2.75) is 32.2 Å². The molecule has 0 aliphatic rings. The van der Waals surface area contributed by atoms with Gasteiger partial charge in [-0.15, -0.1) is 11.3 Å². The van der Waals surface area contributed by atoms with Gasteiger partial charge in [0, 0.05) is 23.7 Å². The lowest BCUT2D eigenvalue weighted by molar-refractivity contribution is 0.0632. The van der Waals surface area contributed by atoms with E-state index in [1.807, 2.05) is 22.9 Å². The van der Waals surface area contributed by atoms with Crippen LogP contribution < -0.4 is 5.73 Å². The Bertz CT molecular complexity index is 501. The summed E-state index contributed by atoms with van der Waals surface area (Å²) in [6.45, 7) is 3.18. The number of thiazole rings is 1. The third-order valence-corrected chi connectivity index (χ3v) is 3.36. The van der Waals surface area contributed by atoms with Crippen LogP contribution in [-0.2, 0) is 6.42 Å². The van der Waals surface area contributed by atoms with Gasteiger partial charge in [0.25, 0.3) is 6.43 Å². The van der Waals surface area contributed by atoms with Crippen LogP contribution in [0.15, 0.2) is 11.6 Å². The molecule has 0 amide bonds. The van der Waals surface area contributed by atoms with E-state index in [1.54, 1.807) is 0 Å². The van der Waals surface area contributed by atoms with Crippen molar-refractivity contribution in [1.29, 1.82) is 0 Å². The number of alkyl halides is 2.